The van der Waals surface area contributed by atoms with Gasteiger partial charge in [-0.2, -0.15) is 5.26 Å². The Morgan fingerprint density at radius 1 is 1.53 bits per heavy atom. The minimum Gasteiger partial charge on any atom is -0.298 e. The molecule has 1 atom stereocenters. The predicted octanol–water partition coefficient (Wildman–Crippen LogP) is 2.80. The van der Waals surface area contributed by atoms with E-state index in [4.69, 9.17) is 5.26 Å². The van der Waals surface area contributed by atoms with E-state index in [9.17, 15) is 9.18 Å². The molecule has 0 fully saturated rings. The van der Waals surface area contributed by atoms with Crippen molar-refractivity contribution in [2.24, 2.45) is 0 Å². The number of Topliss-reactive ketones (excluding diaryl/α,β-unsaturated/α-hetero) is 1. The molecule has 2 nitrogen and oxygen atoms in total. The molecule has 0 aromatic heterocycles. The van der Waals surface area contributed by atoms with Crippen LogP contribution in [0, 0.1) is 17.1 Å². The molecule has 3 heteroatoms. The van der Waals surface area contributed by atoms with Crippen LogP contribution in [0.5, 0.6) is 0 Å². The molecule has 1 rings (SSSR count). The van der Waals surface area contributed by atoms with E-state index in [0.29, 0.717) is 12.8 Å². The first-order valence-corrected chi connectivity index (χ1v) is 4.87. The number of rotatable bonds is 4. The molecule has 0 N–H and O–H groups in total. The summed E-state index contributed by atoms with van der Waals surface area (Å²) in [5, 5.41) is 8.86. The summed E-state index contributed by atoms with van der Waals surface area (Å²) in [6.45, 7) is 1.85. The number of carbonyl (C=O) groups excluding carboxylic acids is 1. The summed E-state index contributed by atoms with van der Waals surface area (Å²) in [5.74, 6) is -1.68. The molecule has 1 unspecified atom stereocenters. The molecule has 0 aliphatic heterocycles. The van der Waals surface area contributed by atoms with Crippen LogP contribution < -0.4 is 0 Å². The highest BCUT2D eigenvalue weighted by Crippen LogP contribution is 2.21. The van der Waals surface area contributed by atoms with Gasteiger partial charge in [-0.15, -0.1) is 0 Å². The van der Waals surface area contributed by atoms with Crippen LogP contribution in [0.3, 0.4) is 0 Å². The molecule has 0 aliphatic carbocycles. The first-order valence-electron chi connectivity index (χ1n) is 4.87. The quantitative estimate of drug-likeness (QED) is 0.758. The molecule has 15 heavy (non-hydrogen) atoms. The smallest absolute Gasteiger partial charge is 0.154 e. The summed E-state index contributed by atoms with van der Waals surface area (Å²) >= 11 is 0. The molecule has 0 bridgehead atoms. The van der Waals surface area contributed by atoms with Crippen molar-refractivity contribution in [1.29, 1.82) is 5.26 Å². The van der Waals surface area contributed by atoms with Gasteiger partial charge in [0.25, 0.3) is 0 Å². The van der Waals surface area contributed by atoms with Gasteiger partial charge < -0.3 is 0 Å². The number of nitrogens with zero attached hydrogens (tertiary/aromatic N) is 1. The fourth-order valence-corrected chi connectivity index (χ4v) is 1.41. The Hall–Kier alpha value is -1.69. The van der Waals surface area contributed by atoms with Gasteiger partial charge in [0.15, 0.2) is 5.78 Å². The molecule has 78 valence electrons. The van der Waals surface area contributed by atoms with E-state index in [1.54, 1.807) is 6.07 Å². The van der Waals surface area contributed by atoms with Crippen LogP contribution >= 0.6 is 0 Å². The Morgan fingerprint density at radius 2 is 2.20 bits per heavy atom. The monoisotopic (exact) mass is 205 g/mol. The summed E-state index contributed by atoms with van der Waals surface area (Å²) in [4.78, 5) is 11.5. The van der Waals surface area contributed by atoms with Gasteiger partial charge in [0.2, 0.25) is 0 Å². The van der Waals surface area contributed by atoms with E-state index in [0.717, 1.165) is 0 Å². The number of carbonyl (C=O) groups is 1. The van der Waals surface area contributed by atoms with Crippen molar-refractivity contribution in [3.05, 3.63) is 35.6 Å². The number of nitriles is 1. The Morgan fingerprint density at radius 3 is 2.73 bits per heavy atom. The third-order valence-electron chi connectivity index (χ3n) is 2.16. The van der Waals surface area contributed by atoms with Gasteiger partial charge in [-0.1, -0.05) is 25.1 Å². The van der Waals surface area contributed by atoms with Gasteiger partial charge >= 0.3 is 0 Å². The molecule has 0 spiro atoms. The minimum absolute atomic E-state index is 0.179. The lowest BCUT2D eigenvalue weighted by molar-refractivity contribution is -0.119. The van der Waals surface area contributed by atoms with Crippen molar-refractivity contribution in [1.82, 2.24) is 0 Å². The van der Waals surface area contributed by atoms with Crippen LogP contribution in [0.2, 0.25) is 0 Å². The highest BCUT2D eigenvalue weighted by Gasteiger charge is 2.21. The van der Waals surface area contributed by atoms with Crippen LogP contribution in [-0.4, -0.2) is 5.78 Å². The molecular formula is C12H12FNO. The SMILES string of the molecule is CCCC(=O)C(C#N)c1ccccc1F. The summed E-state index contributed by atoms with van der Waals surface area (Å²) < 4.78 is 13.3. The first-order chi connectivity index (χ1) is 7.20. The molecule has 0 amide bonds. The van der Waals surface area contributed by atoms with Crippen molar-refractivity contribution < 1.29 is 9.18 Å². The zero-order valence-corrected chi connectivity index (χ0v) is 8.53. The second kappa shape index (κ2) is 5.26. The zero-order chi connectivity index (χ0) is 11.3. The lowest BCUT2D eigenvalue weighted by atomic mass is 9.93. The van der Waals surface area contributed by atoms with Crippen LogP contribution in [0.4, 0.5) is 4.39 Å². The Bertz CT molecular complexity index is 395. The predicted molar refractivity (Wildman–Crippen MR) is 54.7 cm³/mol. The number of halogens is 1. The van der Waals surface area contributed by atoms with Crippen molar-refractivity contribution in [2.75, 3.05) is 0 Å². The van der Waals surface area contributed by atoms with Gasteiger partial charge in [0, 0.05) is 12.0 Å². The first kappa shape index (κ1) is 11.4. The fourth-order valence-electron chi connectivity index (χ4n) is 1.41. The summed E-state index contributed by atoms with van der Waals surface area (Å²) in [5.41, 5.74) is 0.179. The van der Waals surface area contributed by atoms with E-state index in [1.165, 1.54) is 18.2 Å². The van der Waals surface area contributed by atoms with Gasteiger partial charge in [0.05, 0.1) is 6.07 Å². The third kappa shape index (κ3) is 2.63. The van der Waals surface area contributed by atoms with Crippen LogP contribution in [0.1, 0.15) is 31.2 Å². The number of hydrogen-bond donors (Lipinski definition) is 0. The van der Waals surface area contributed by atoms with E-state index in [2.05, 4.69) is 0 Å². The van der Waals surface area contributed by atoms with Crippen LogP contribution in [0.15, 0.2) is 24.3 Å². The van der Waals surface area contributed by atoms with Crippen LogP contribution in [-0.2, 0) is 4.79 Å². The Balaban J connectivity index is 2.99. The lowest BCUT2D eigenvalue weighted by Gasteiger charge is -2.08. The average molecular weight is 205 g/mol. The van der Waals surface area contributed by atoms with E-state index < -0.39 is 11.7 Å². The average Bonchev–Trinajstić information content (AvgIpc) is 2.22. The second-order valence-electron chi connectivity index (χ2n) is 3.30. The van der Waals surface area contributed by atoms with Crippen molar-refractivity contribution in [3.63, 3.8) is 0 Å². The molecule has 0 saturated carbocycles. The maximum Gasteiger partial charge on any atom is 0.154 e. The van der Waals surface area contributed by atoms with Gasteiger partial charge in [-0.3, -0.25) is 4.79 Å². The molecule has 1 aromatic rings. The van der Waals surface area contributed by atoms with Crippen molar-refractivity contribution in [2.45, 2.75) is 25.7 Å². The second-order valence-corrected chi connectivity index (χ2v) is 3.30. The standard InChI is InChI=1S/C12H12FNO/c1-2-5-12(15)10(8-14)9-6-3-4-7-11(9)13/h3-4,6-7,10H,2,5H2,1H3. The normalized spacial score (nSPS) is 11.8. The Labute approximate surface area is 88.3 Å². The Kier molecular flexibility index (Phi) is 3.99. The van der Waals surface area contributed by atoms with E-state index in [1.807, 2.05) is 13.0 Å². The zero-order valence-electron chi connectivity index (χ0n) is 8.53. The molecule has 0 heterocycles. The highest BCUT2D eigenvalue weighted by molar-refractivity contribution is 5.88. The summed E-state index contributed by atoms with van der Waals surface area (Å²) in [6.07, 6.45) is 0.984. The molecule has 1 aromatic carbocycles. The molecule has 0 saturated heterocycles. The minimum atomic E-state index is -0.967. The fraction of sp³-hybridized carbons (Fsp3) is 0.333. The summed E-state index contributed by atoms with van der Waals surface area (Å²) in [7, 11) is 0. The van der Waals surface area contributed by atoms with Crippen molar-refractivity contribution >= 4 is 5.78 Å². The van der Waals surface area contributed by atoms with E-state index in [-0.39, 0.29) is 11.3 Å². The van der Waals surface area contributed by atoms with Crippen molar-refractivity contribution in [3.8, 4) is 6.07 Å². The number of ketones is 1. The maximum atomic E-state index is 13.3. The lowest BCUT2D eigenvalue weighted by Crippen LogP contribution is -2.11. The number of hydrogen-bond acceptors (Lipinski definition) is 2. The molecule has 0 aliphatic rings. The summed E-state index contributed by atoms with van der Waals surface area (Å²) in [6, 6.07) is 7.77. The molecular weight excluding hydrogens is 193 g/mol. The van der Waals surface area contributed by atoms with Gasteiger partial charge in [0.1, 0.15) is 11.7 Å². The number of benzene rings is 1. The van der Waals surface area contributed by atoms with Crippen LogP contribution in [0.25, 0.3) is 0 Å². The molecule has 0 radical (unpaired) electrons. The van der Waals surface area contributed by atoms with E-state index >= 15 is 0 Å². The van der Waals surface area contributed by atoms with Gasteiger partial charge in [-0.25, -0.2) is 4.39 Å². The van der Waals surface area contributed by atoms with Gasteiger partial charge in [-0.05, 0) is 12.5 Å². The highest BCUT2D eigenvalue weighted by atomic mass is 19.1. The third-order valence-corrected chi connectivity index (χ3v) is 2.16. The maximum absolute atomic E-state index is 13.3. The largest absolute Gasteiger partial charge is 0.298 e. The topological polar surface area (TPSA) is 40.9 Å².